The molecule has 1 N–H and O–H groups in total. The lowest BCUT2D eigenvalue weighted by Crippen LogP contribution is -2.17. The zero-order valence-electron chi connectivity index (χ0n) is 12.0. The van der Waals surface area contributed by atoms with Gasteiger partial charge in [0.25, 0.3) is 0 Å². The van der Waals surface area contributed by atoms with E-state index in [1.165, 1.54) is 11.3 Å². The van der Waals surface area contributed by atoms with Crippen LogP contribution in [-0.4, -0.2) is 25.7 Å². The van der Waals surface area contributed by atoms with Gasteiger partial charge in [0.15, 0.2) is 5.82 Å². The highest BCUT2D eigenvalue weighted by Crippen LogP contribution is 2.26. The summed E-state index contributed by atoms with van der Waals surface area (Å²) >= 11 is 1.31. The van der Waals surface area contributed by atoms with Crippen molar-refractivity contribution in [2.24, 2.45) is 5.92 Å². The Kier molecular flexibility index (Phi) is 3.42. The summed E-state index contributed by atoms with van der Waals surface area (Å²) in [5.74, 6) is 0.539. The van der Waals surface area contributed by atoms with Crippen LogP contribution in [0.4, 0.5) is 5.13 Å². The number of rotatable bonds is 3. The van der Waals surface area contributed by atoms with E-state index < -0.39 is 0 Å². The van der Waals surface area contributed by atoms with Crippen LogP contribution in [0.15, 0.2) is 24.3 Å². The van der Waals surface area contributed by atoms with Gasteiger partial charge in [0.2, 0.25) is 16.0 Å². The third kappa shape index (κ3) is 2.52. The average molecular weight is 301 g/mol. The molecule has 3 rings (SSSR count). The minimum atomic E-state index is -0.0878. The van der Waals surface area contributed by atoms with Crippen LogP contribution in [0.3, 0.4) is 0 Å². The van der Waals surface area contributed by atoms with Crippen LogP contribution < -0.4 is 5.32 Å². The Hall–Kier alpha value is -2.28. The van der Waals surface area contributed by atoms with E-state index in [-0.39, 0.29) is 11.8 Å². The summed E-state index contributed by atoms with van der Waals surface area (Å²) in [4.78, 5) is 12.4. The maximum Gasteiger partial charge on any atom is 0.236 e. The Labute approximate surface area is 125 Å². The fourth-order valence-corrected chi connectivity index (χ4v) is 2.65. The molecule has 0 radical (unpaired) electrons. The number of benzene rings is 1. The normalized spacial score (nSPS) is 11.2. The summed E-state index contributed by atoms with van der Waals surface area (Å²) in [6.07, 6.45) is 0. The molecular weight excluding hydrogens is 286 g/mol. The minimum absolute atomic E-state index is 0.0580. The van der Waals surface area contributed by atoms with Gasteiger partial charge in [0.1, 0.15) is 0 Å². The molecule has 0 fully saturated rings. The lowest BCUT2D eigenvalue weighted by atomic mass is 10.1. The number of aryl methyl sites for hydroxylation is 1. The Morgan fingerprint density at radius 2 is 2.05 bits per heavy atom. The molecule has 21 heavy (non-hydrogen) atoms. The number of anilines is 1. The van der Waals surface area contributed by atoms with E-state index in [0.717, 1.165) is 11.1 Å². The Balaban J connectivity index is 2.01. The predicted molar refractivity (Wildman–Crippen MR) is 82.3 cm³/mol. The quantitative estimate of drug-likeness (QED) is 0.807. The molecule has 0 saturated carbocycles. The summed E-state index contributed by atoms with van der Waals surface area (Å²) in [7, 11) is 0. The van der Waals surface area contributed by atoms with Gasteiger partial charge < -0.3 is 5.32 Å². The van der Waals surface area contributed by atoms with Gasteiger partial charge in [-0.05, 0) is 12.5 Å². The molecule has 2 heterocycles. The zero-order valence-corrected chi connectivity index (χ0v) is 12.8. The van der Waals surface area contributed by atoms with Gasteiger partial charge in [-0.25, -0.2) is 0 Å². The number of fused-ring (bicyclic) bond motifs is 1. The molecule has 0 aliphatic carbocycles. The molecule has 6 nitrogen and oxygen atoms in total. The van der Waals surface area contributed by atoms with Crippen LogP contribution in [0, 0.1) is 12.8 Å². The molecule has 0 unspecified atom stereocenters. The SMILES string of the molecule is Cc1ccccc1-c1nnc2sc(NC(=O)C(C)C)nn12. The molecule has 7 heteroatoms. The van der Waals surface area contributed by atoms with Crippen molar-refractivity contribution >= 4 is 27.3 Å². The molecular formula is C14H15N5OS. The summed E-state index contributed by atoms with van der Waals surface area (Å²) in [5.41, 5.74) is 2.09. The fourth-order valence-electron chi connectivity index (χ4n) is 1.91. The van der Waals surface area contributed by atoms with Gasteiger partial charge in [-0.3, -0.25) is 4.79 Å². The monoisotopic (exact) mass is 301 g/mol. The first kappa shape index (κ1) is 13.7. The van der Waals surface area contributed by atoms with Crippen molar-refractivity contribution < 1.29 is 4.79 Å². The van der Waals surface area contributed by atoms with Gasteiger partial charge in [0.05, 0.1) is 0 Å². The minimum Gasteiger partial charge on any atom is -0.300 e. The van der Waals surface area contributed by atoms with Crippen LogP contribution in [0.25, 0.3) is 16.3 Å². The lowest BCUT2D eigenvalue weighted by Gasteiger charge is -2.03. The second-order valence-corrected chi connectivity index (χ2v) is 6.04. The van der Waals surface area contributed by atoms with Gasteiger partial charge in [-0.2, -0.15) is 4.52 Å². The van der Waals surface area contributed by atoms with Crippen molar-refractivity contribution in [2.45, 2.75) is 20.8 Å². The first-order chi connectivity index (χ1) is 10.1. The number of aromatic nitrogens is 4. The van der Waals surface area contributed by atoms with Crippen molar-refractivity contribution in [3.8, 4) is 11.4 Å². The Morgan fingerprint density at radius 1 is 1.29 bits per heavy atom. The van der Waals surface area contributed by atoms with Crippen molar-refractivity contribution in [2.75, 3.05) is 5.32 Å². The van der Waals surface area contributed by atoms with Crippen LogP contribution in [-0.2, 0) is 4.79 Å². The number of carbonyl (C=O) groups is 1. The molecule has 0 spiro atoms. The smallest absolute Gasteiger partial charge is 0.236 e. The summed E-state index contributed by atoms with van der Waals surface area (Å²) < 4.78 is 1.67. The Bertz CT molecular complexity index is 805. The molecule has 2 aromatic heterocycles. The van der Waals surface area contributed by atoms with E-state index in [0.29, 0.717) is 15.9 Å². The third-order valence-corrected chi connectivity index (χ3v) is 3.95. The van der Waals surface area contributed by atoms with Crippen LogP contribution in [0.5, 0.6) is 0 Å². The van der Waals surface area contributed by atoms with E-state index in [1.807, 2.05) is 45.0 Å². The first-order valence-electron chi connectivity index (χ1n) is 6.65. The van der Waals surface area contributed by atoms with E-state index in [4.69, 9.17) is 0 Å². The molecule has 0 saturated heterocycles. The van der Waals surface area contributed by atoms with Gasteiger partial charge in [-0.15, -0.1) is 15.3 Å². The van der Waals surface area contributed by atoms with E-state index >= 15 is 0 Å². The summed E-state index contributed by atoms with van der Waals surface area (Å²) in [6.45, 7) is 5.70. The maximum atomic E-state index is 11.7. The van der Waals surface area contributed by atoms with Gasteiger partial charge in [0, 0.05) is 11.5 Å². The highest BCUT2D eigenvalue weighted by molar-refractivity contribution is 7.20. The molecule has 108 valence electrons. The van der Waals surface area contributed by atoms with Crippen LogP contribution in [0.1, 0.15) is 19.4 Å². The van der Waals surface area contributed by atoms with E-state index in [1.54, 1.807) is 4.52 Å². The number of carbonyl (C=O) groups excluding carboxylic acids is 1. The van der Waals surface area contributed by atoms with Crippen molar-refractivity contribution in [1.29, 1.82) is 0 Å². The molecule has 0 aliphatic rings. The van der Waals surface area contributed by atoms with E-state index in [9.17, 15) is 4.79 Å². The molecule has 3 aromatic rings. The fraction of sp³-hybridized carbons (Fsp3) is 0.286. The maximum absolute atomic E-state index is 11.7. The lowest BCUT2D eigenvalue weighted by molar-refractivity contribution is -0.118. The molecule has 0 aliphatic heterocycles. The highest BCUT2D eigenvalue weighted by Gasteiger charge is 2.16. The van der Waals surface area contributed by atoms with Crippen LogP contribution in [0.2, 0.25) is 0 Å². The van der Waals surface area contributed by atoms with E-state index in [2.05, 4.69) is 20.6 Å². The number of hydrogen-bond acceptors (Lipinski definition) is 5. The van der Waals surface area contributed by atoms with Gasteiger partial charge in [-0.1, -0.05) is 49.4 Å². The molecule has 0 bridgehead atoms. The number of amides is 1. The predicted octanol–water partition coefficient (Wildman–Crippen LogP) is 2.76. The van der Waals surface area contributed by atoms with Crippen molar-refractivity contribution in [3.05, 3.63) is 29.8 Å². The first-order valence-corrected chi connectivity index (χ1v) is 7.47. The number of nitrogens with one attached hydrogen (secondary N) is 1. The second kappa shape index (κ2) is 5.25. The molecule has 1 amide bonds. The van der Waals surface area contributed by atoms with Crippen molar-refractivity contribution in [3.63, 3.8) is 0 Å². The van der Waals surface area contributed by atoms with Gasteiger partial charge >= 0.3 is 0 Å². The number of nitrogens with zero attached hydrogens (tertiary/aromatic N) is 4. The zero-order chi connectivity index (χ0) is 15.0. The molecule has 1 aromatic carbocycles. The Morgan fingerprint density at radius 3 is 2.76 bits per heavy atom. The topological polar surface area (TPSA) is 72.2 Å². The standard InChI is InChI=1S/C14H15N5OS/c1-8(2)12(20)15-13-18-19-11(16-17-14(19)21-13)10-7-5-4-6-9(10)3/h4-8H,1-3H3,(H,15,18,20). The average Bonchev–Trinajstić information content (AvgIpc) is 2.99. The molecule has 0 atom stereocenters. The second-order valence-electron chi connectivity index (χ2n) is 5.08. The van der Waals surface area contributed by atoms with Crippen LogP contribution >= 0.6 is 11.3 Å². The largest absolute Gasteiger partial charge is 0.300 e. The number of hydrogen-bond donors (Lipinski definition) is 1. The highest BCUT2D eigenvalue weighted by atomic mass is 32.1. The summed E-state index contributed by atoms with van der Waals surface area (Å²) in [6, 6.07) is 7.94. The van der Waals surface area contributed by atoms with Crippen molar-refractivity contribution in [1.82, 2.24) is 19.8 Å². The summed E-state index contributed by atoms with van der Waals surface area (Å²) in [5, 5.41) is 16.0. The third-order valence-electron chi connectivity index (χ3n) is 3.13.